The molecule has 0 spiro atoms. The fourth-order valence-corrected chi connectivity index (χ4v) is 0.604. The van der Waals surface area contributed by atoms with Crippen LogP contribution in [0.25, 0.3) is 0 Å². The van der Waals surface area contributed by atoms with Crippen molar-refractivity contribution in [1.29, 1.82) is 0 Å². The van der Waals surface area contributed by atoms with Crippen molar-refractivity contribution in [3.05, 3.63) is 0 Å². The van der Waals surface area contributed by atoms with Crippen LogP contribution in [0.2, 0.25) is 0 Å². The molecule has 0 aliphatic rings. The number of carboxylic acids is 1. The van der Waals surface area contributed by atoms with E-state index in [1.54, 1.807) is 0 Å². The van der Waals surface area contributed by atoms with Gasteiger partial charge in [-0.05, 0) is 0 Å². The standard InChI is InChI=1S/C6H11N3O5/c1-14-6(13)9-3(4(10)11)2-8-5(7)12/h3H,2H2,1H3,(H,9,13)(H,10,11)(H3,7,8,12). The number of carbonyl (C=O) groups is 3. The van der Waals surface area contributed by atoms with Crippen LogP contribution >= 0.6 is 0 Å². The average molecular weight is 205 g/mol. The van der Waals surface area contributed by atoms with Gasteiger partial charge in [0.1, 0.15) is 6.04 Å². The molecule has 0 heterocycles. The van der Waals surface area contributed by atoms with Crippen molar-refractivity contribution in [3.63, 3.8) is 0 Å². The van der Waals surface area contributed by atoms with Crippen molar-refractivity contribution in [1.82, 2.24) is 10.6 Å². The van der Waals surface area contributed by atoms with Gasteiger partial charge in [-0.2, -0.15) is 0 Å². The third kappa shape index (κ3) is 4.80. The molecule has 0 saturated heterocycles. The highest BCUT2D eigenvalue weighted by atomic mass is 16.5. The van der Waals surface area contributed by atoms with Crippen LogP contribution in [0.4, 0.5) is 9.59 Å². The highest BCUT2D eigenvalue weighted by molar-refractivity contribution is 5.81. The van der Waals surface area contributed by atoms with Crippen molar-refractivity contribution in [2.24, 2.45) is 5.73 Å². The zero-order valence-electron chi connectivity index (χ0n) is 7.44. The molecule has 0 bridgehead atoms. The van der Waals surface area contributed by atoms with Crippen LogP contribution in [-0.2, 0) is 9.53 Å². The fourth-order valence-electron chi connectivity index (χ4n) is 0.604. The van der Waals surface area contributed by atoms with Crippen molar-refractivity contribution < 1.29 is 24.2 Å². The Hall–Kier alpha value is -1.99. The number of nitrogens with two attached hydrogens (primary N) is 1. The molecule has 80 valence electrons. The summed E-state index contributed by atoms with van der Waals surface area (Å²) in [6.07, 6.45) is -0.899. The zero-order chi connectivity index (χ0) is 11.1. The minimum Gasteiger partial charge on any atom is -0.480 e. The van der Waals surface area contributed by atoms with E-state index in [1.165, 1.54) is 0 Å². The molecule has 0 aromatic rings. The van der Waals surface area contributed by atoms with E-state index >= 15 is 0 Å². The van der Waals surface area contributed by atoms with Gasteiger partial charge >= 0.3 is 18.1 Å². The lowest BCUT2D eigenvalue weighted by Crippen LogP contribution is -2.49. The average Bonchev–Trinajstić information content (AvgIpc) is 2.10. The molecule has 0 saturated carbocycles. The lowest BCUT2D eigenvalue weighted by atomic mass is 10.3. The zero-order valence-corrected chi connectivity index (χ0v) is 7.44. The predicted molar refractivity (Wildman–Crippen MR) is 44.6 cm³/mol. The monoisotopic (exact) mass is 205 g/mol. The summed E-state index contributed by atoms with van der Waals surface area (Å²) in [5.74, 6) is -1.30. The Bertz CT molecular complexity index is 242. The summed E-state index contributed by atoms with van der Waals surface area (Å²) in [4.78, 5) is 31.4. The Balaban J connectivity index is 4.09. The molecule has 1 atom stereocenters. The Morgan fingerprint density at radius 1 is 1.50 bits per heavy atom. The molecule has 0 aromatic heterocycles. The number of ether oxygens (including phenoxy) is 1. The van der Waals surface area contributed by atoms with E-state index in [4.69, 9.17) is 10.8 Å². The molecule has 1 unspecified atom stereocenters. The summed E-state index contributed by atoms with van der Waals surface area (Å²) in [5.41, 5.74) is 4.72. The molecule has 14 heavy (non-hydrogen) atoms. The van der Waals surface area contributed by atoms with Gasteiger partial charge in [0, 0.05) is 0 Å². The number of primary amides is 1. The van der Waals surface area contributed by atoms with Crippen molar-refractivity contribution in [3.8, 4) is 0 Å². The van der Waals surface area contributed by atoms with Gasteiger partial charge in [-0.15, -0.1) is 0 Å². The number of alkyl carbamates (subject to hydrolysis) is 1. The van der Waals surface area contributed by atoms with Crippen LogP contribution in [0.1, 0.15) is 0 Å². The number of hydrogen-bond acceptors (Lipinski definition) is 4. The molecule has 0 aliphatic carbocycles. The highest BCUT2D eigenvalue weighted by Gasteiger charge is 2.20. The number of carboxylic acid groups (broad SMARTS) is 1. The molecule has 0 rings (SSSR count). The summed E-state index contributed by atoms with van der Waals surface area (Å²) in [5, 5.41) is 12.6. The molecule has 0 radical (unpaired) electrons. The van der Waals surface area contributed by atoms with Gasteiger partial charge in [0.15, 0.2) is 0 Å². The van der Waals surface area contributed by atoms with Gasteiger partial charge in [-0.25, -0.2) is 14.4 Å². The SMILES string of the molecule is COC(=O)NC(CNC(N)=O)C(=O)O. The van der Waals surface area contributed by atoms with Crippen LogP contribution in [0.5, 0.6) is 0 Å². The van der Waals surface area contributed by atoms with Gasteiger partial charge in [0.25, 0.3) is 0 Å². The van der Waals surface area contributed by atoms with Crippen LogP contribution in [0, 0.1) is 0 Å². The first-order valence-corrected chi connectivity index (χ1v) is 3.58. The number of nitrogens with one attached hydrogen (secondary N) is 2. The molecule has 8 nitrogen and oxygen atoms in total. The quantitative estimate of drug-likeness (QED) is 0.442. The minimum absolute atomic E-state index is 0.306. The van der Waals surface area contributed by atoms with E-state index in [1.807, 2.05) is 10.6 Å². The fraction of sp³-hybridized carbons (Fsp3) is 0.500. The second-order valence-corrected chi connectivity index (χ2v) is 2.27. The van der Waals surface area contributed by atoms with Crippen LogP contribution in [0.15, 0.2) is 0 Å². The summed E-state index contributed by atoms with van der Waals surface area (Å²) in [7, 11) is 1.09. The van der Waals surface area contributed by atoms with E-state index < -0.39 is 24.1 Å². The molecule has 8 heteroatoms. The van der Waals surface area contributed by atoms with Gasteiger partial charge in [-0.1, -0.05) is 0 Å². The largest absolute Gasteiger partial charge is 0.480 e. The normalized spacial score (nSPS) is 11.2. The van der Waals surface area contributed by atoms with E-state index in [2.05, 4.69) is 4.74 Å². The Morgan fingerprint density at radius 3 is 2.43 bits per heavy atom. The number of hydrogen-bond donors (Lipinski definition) is 4. The number of aliphatic carboxylic acids is 1. The first kappa shape index (κ1) is 12.0. The summed E-state index contributed by atoms with van der Waals surface area (Å²) < 4.78 is 4.18. The van der Waals surface area contributed by atoms with E-state index in [-0.39, 0.29) is 6.54 Å². The van der Waals surface area contributed by atoms with E-state index in [0.717, 1.165) is 7.11 Å². The summed E-state index contributed by atoms with van der Waals surface area (Å²) in [6, 6.07) is -2.14. The minimum atomic E-state index is -1.30. The number of methoxy groups -OCH3 is 1. The summed E-state index contributed by atoms with van der Waals surface area (Å²) in [6.45, 7) is -0.306. The van der Waals surface area contributed by atoms with Crippen molar-refractivity contribution in [2.75, 3.05) is 13.7 Å². The number of urea groups is 1. The van der Waals surface area contributed by atoms with Crippen LogP contribution < -0.4 is 16.4 Å². The van der Waals surface area contributed by atoms with Crippen molar-refractivity contribution in [2.45, 2.75) is 6.04 Å². The highest BCUT2D eigenvalue weighted by Crippen LogP contribution is 1.84. The second-order valence-electron chi connectivity index (χ2n) is 2.27. The molecular weight excluding hydrogens is 194 g/mol. The molecule has 3 amide bonds. The van der Waals surface area contributed by atoms with Gasteiger partial charge in [0.2, 0.25) is 0 Å². The van der Waals surface area contributed by atoms with Gasteiger partial charge in [-0.3, -0.25) is 0 Å². The van der Waals surface area contributed by atoms with Crippen LogP contribution in [-0.4, -0.2) is 42.9 Å². The van der Waals surface area contributed by atoms with Crippen molar-refractivity contribution >= 4 is 18.1 Å². The third-order valence-corrected chi connectivity index (χ3v) is 1.26. The maximum Gasteiger partial charge on any atom is 0.407 e. The Morgan fingerprint density at radius 2 is 2.07 bits per heavy atom. The van der Waals surface area contributed by atoms with Crippen LogP contribution in [0.3, 0.4) is 0 Å². The molecule has 5 N–H and O–H groups in total. The number of carbonyl (C=O) groups excluding carboxylic acids is 2. The molecule has 0 aliphatic heterocycles. The first-order chi connectivity index (χ1) is 6.47. The maximum absolute atomic E-state index is 10.6. The molecule has 0 aromatic carbocycles. The number of amides is 3. The molecular formula is C6H11N3O5. The lowest BCUT2D eigenvalue weighted by Gasteiger charge is -2.13. The van der Waals surface area contributed by atoms with E-state index in [9.17, 15) is 14.4 Å². The maximum atomic E-state index is 10.6. The second kappa shape index (κ2) is 5.62. The summed E-state index contributed by atoms with van der Waals surface area (Å²) >= 11 is 0. The smallest absolute Gasteiger partial charge is 0.407 e. The van der Waals surface area contributed by atoms with Gasteiger partial charge < -0.3 is 26.2 Å². The Labute approximate surface area is 79.4 Å². The van der Waals surface area contributed by atoms with Gasteiger partial charge in [0.05, 0.1) is 13.7 Å². The molecule has 0 fully saturated rings. The predicted octanol–water partition coefficient (Wildman–Crippen LogP) is -1.54. The topological polar surface area (TPSA) is 131 Å². The Kier molecular flexibility index (Phi) is 4.82. The van der Waals surface area contributed by atoms with E-state index in [0.29, 0.717) is 0 Å². The first-order valence-electron chi connectivity index (χ1n) is 3.58. The third-order valence-electron chi connectivity index (χ3n) is 1.26. The lowest BCUT2D eigenvalue weighted by molar-refractivity contribution is -0.139. The number of rotatable bonds is 4.